The first-order chi connectivity index (χ1) is 11.2. The molecule has 3 atom stereocenters. The third-order valence-electron chi connectivity index (χ3n) is 6.07. The monoisotopic (exact) mass is 334 g/mol. The van der Waals surface area contributed by atoms with Crippen LogP contribution in [-0.2, 0) is 4.79 Å². The maximum atomic E-state index is 12.9. The van der Waals surface area contributed by atoms with Gasteiger partial charge in [-0.3, -0.25) is 15.1 Å². The quantitative estimate of drug-likeness (QED) is 0.815. The van der Waals surface area contributed by atoms with Crippen molar-refractivity contribution in [1.82, 2.24) is 10.4 Å². The zero-order chi connectivity index (χ0) is 15.9. The van der Waals surface area contributed by atoms with E-state index >= 15 is 0 Å². The summed E-state index contributed by atoms with van der Waals surface area (Å²) in [4.78, 5) is 12.9. The van der Waals surface area contributed by atoms with Gasteiger partial charge in [0.1, 0.15) is 0 Å². The molecule has 0 bridgehead atoms. The minimum atomic E-state index is -0.0870. The van der Waals surface area contributed by atoms with E-state index in [1.54, 1.807) is 0 Å². The van der Waals surface area contributed by atoms with Gasteiger partial charge >= 0.3 is 0 Å². The molecule has 3 unspecified atom stereocenters. The molecular formula is C18H26N2O2S. The van der Waals surface area contributed by atoms with E-state index in [0.29, 0.717) is 18.5 Å². The van der Waals surface area contributed by atoms with Crippen molar-refractivity contribution < 1.29 is 10.0 Å². The molecule has 1 saturated carbocycles. The van der Waals surface area contributed by atoms with Crippen molar-refractivity contribution >= 4 is 17.7 Å². The number of hydrogen-bond donors (Lipinski definition) is 2. The standard InChI is InChI=1S/C18H26N2O2S/c21-17(19-13-6-2-1-3-7-13)14-12-23-18-10-5-4-8-16(18)20(22)11-9-15(14)18/h4-5,8,13-15,22H,1-3,6-7,9-12H2,(H,19,21). The van der Waals surface area contributed by atoms with E-state index in [2.05, 4.69) is 11.4 Å². The summed E-state index contributed by atoms with van der Waals surface area (Å²) in [5.41, 5.74) is 1.01. The first-order valence-corrected chi connectivity index (χ1v) is 9.97. The second-order valence-corrected chi connectivity index (χ2v) is 8.70. The molecular weight excluding hydrogens is 308 g/mol. The summed E-state index contributed by atoms with van der Waals surface area (Å²) in [6, 6.07) is 0.386. The van der Waals surface area contributed by atoms with E-state index in [4.69, 9.17) is 0 Å². The van der Waals surface area contributed by atoms with Gasteiger partial charge in [-0.05, 0) is 37.7 Å². The summed E-state index contributed by atoms with van der Waals surface area (Å²) < 4.78 is -0.0870. The van der Waals surface area contributed by atoms with Crippen LogP contribution >= 0.6 is 11.8 Å². The number of carbonyl (C=O) groups excluding carboxylic acids is 1. The predicted molar refractivity (Wildman–Crippen MR) is 92.1 cm³/mol. The number of nitrogens with one attached hydrogen (secondary N) is 1. The second kappa shape index (κ2) is 6.17. The largest absolute Gasteiger partial charge is 0.353 e. The fourth-order valence-electron chi connectivity index (χ4n) is 4.84. The summed E-state index contributed by atoms with van der Waals surface area (Å²) in [6.07, 6.45) is 14.2. The minimum absolute atomic E-state index is 0.0870. The summed E-state index contributed by atoms with van der Waals surface area (Å²) in [5.74, 6) is 1.56. The maximum Gasteiger partial charge on any atom is 0.224 e. The molecule has 2 aliphatic heterocycles. The predicted octanol–water partition coefficient (Wildman–Crippen LogP) is 3.09. The molecule has 0 aromatic rings. The van der Waals surface area contributed by atoms with Gasteiger partial charge in [-0.1, -0.05) is 31.4 Å². The Morgan fingerprint density at radius 3 is 2.96 bits per heavy atom. The summed E-state index contributed by atoms with van der Waals surface area (Å²) >= 11 is 1.88. The van der Waals surface area contributed by atoms with Crippen LogP contribution in [0.4, 0.5) is 0 Å². The van der Waals surface area contributed by atoms with Crippen molar-refractivity contribution in [1.29, 1.82) is 0 Å². The van der Waals surface area contributed by atoms with E-state index in [1.807, 2.05) is 23.9 Å². The summed E-state index contributed by atoms with van der Waals surface area (Å²) in [7, 11) is 0. The van der Waals surface area contributed by atoms with Crippen LogP contribution in [0.15, 0.2) is 23.9 Å². The zero-order valence-electron chi connectivity index (χ0n) is 13.5. The van der Waals surface area contributed by atoms with Crippen LogP contribution in [-0.4, -0.2) is 39.3 Å². The van der Waals surface area contributed by atoms with Crippen molar-refractivity contribution in [3.05, 3.63) is 23.9 Å². The van der Waals surface area contributed by atoms with E-state index in [1.165, 1.54) is 24.3 Å². The van der Waals surface area contributed by atoms with Gasteiger partial charge in [0.25, 0.3) is 0 Å². The molecule has 4 nitrogen and oxygen atoms in total. The Kier molecular flexibility index (Phi) is 4.18. The molecule has 23 heavy (non-hydrogen) atoms. The van der Waals surface area contributed by atoms with E-state index in [-0.39, 0.29) is 16.6 Å². The third-order valence-corrected chi connectivity index (χ3v) is 7.79. The lowest BCUT2D eigenvalue weighted by Crippen LogP contribution is -2.51. The van der Waals surface area contributed by atoms with Crippen LogP contribution in [0.2, 0.25) is 0 Å². The number of allylic oxidation sites excluding steroid dienone is 3. The average molecular weight is 334 g/mol. The summed E-state index contributed by atoms with van der Waals surface area (Å²) in [5, 5.41) is 15.0. The zero-order valence-corrected chi connectivity index (χ0v) is 14.4. The van der Waals surface area contributed by atoms with E-state index in [9.17, 15) is 10.0 Å². The Morgan fingerprint density at radius 2 is 2.13 bits per heavy atom. The molecule has 4 aliphatic rings. The van der Waals surface area contributed by atoms with Crippen LogP contribution in [0, 0.1) is 11.8 Å². The lowest BCUT2D eigenvalue weighted by molar-refractivity contribution is -0.129. The van der Waals surface area contributed by atoms with Crippen molar-refractivity contribution in [2.24, 2.45) is 11.8 Å². The van der Waals surface area contributed by atoms with Gasteiger partial charge in [0.2, 0.25) is 5.91 Å². The van der Waals surface area contributed by atoms with Crippen molar-refractivity contribution in [2.45, 2.75) is 55.7 Å². The smallest absolute Gasteiger partial charge is 0.224 e. The Morgan fingerprint density at radius 1 is 1.30 bits per heavy atom. The van der Waals surface area contributed by atoms with Crippen LogP contribution < -0.4 is 5.32 Å². The van der Waals surface area contributed by atoms with Gasteiger partial charge < -0.3 is 5.32 Å². The molecule has 0 radical (unpaired) electrons. The topological polar surface area (TPSA) is 52.6 Å². The number of piperidine rings is 1. The Balaban J connectivity index is 1.50. The fourth-order valence-corrected chi connectivity index (χ4v) is 6.74. The molecule has 2 aliphatic carbocycles. The summed E-state index contributed by atoms with van der Waals surface area (Å²) in [6.45, 7) is 0.639. The average Bonchev–Trinajstić information content (AvgIpc) is 2.94. The molecule has 5 heteroatoms. The maximum absolute atomic E-state index is 12.9. The molecule has 1 amide bonds. The number of amides is 1. The highest BCUT2D eigenvalue weighted by Gasteiger charge is 2.56. The lowest BCUT2D eigenvalue weighted by Gasteiger charge is -2.46. The second-order valence-electron chi connectivity index (χ2n) is 7.35. The molecule has 0 aromatic carbocycles. The molecule has 2 N–H and O–H groups in total. The van der Waals surface area contributed by atoms with E-state index < -0.39 is 0 Å². The fraction of sp³-hybridized carbons (Fsp3) is 0.722. The van der Waals surface area contributed by atoms with Crippen molar-refractivity contribution in [3.63, 3.8) is 0 Å². The van der Waals surface area contributed by atoms with Crippen LogP contribution in [0.1, 0.15) is 44.9 Å². The molecule has 0 aromatic heterocycles. The van der Waals surface area contributed by atoms with Crippen LogP contribution in [0.5, 0.6) is 0 Å². The number of hydrogen-bond acceptors (Lipinski definition) is 4. The van der Waals surface area contributed by atoms with Crippen molar-refractivity contribution in [3.8, 4) is 0 Å². The molecule has 1 spiro atoms. The van der Waals surface area contributed by atoms with Gasteiger partial charge in [-0.15, -0.1) is 11.8 Å². The van der Waals surface area contributed by atoms with E-state index in [0.717, 1.165) is 37.1 Å². The first-order valence-electron chi connectivity index (χ1n) is 8.99. The van der Waals surface area contributed by atoms with Gasteiger partial charge in [0, 0.05) is 18.3 Å². The Hall–Kier alpha value is -0.940. The van der Waals surface area contributed by atoms with Crippen molar-refractivity contribution in [2.75, 3.05) is 12.3 Å². The normalized spacial score (nSPS) is 37.1. The number of thioether (sulfide) groups is 1. The number of hydroxylamine groups is 2. The number of rotatable bonds is 2. The lowest BCUT2D eigenvalue weighted by atomic mass is 9.72. The molecule has 126 valence electrons. The van der Waals surface area contributed by atoms with Crippen LogP contribution in [0.3, 0.4) is 0 Å². The van der Waals surface area contributed by atoms with Gasteiger partial charge in [0.15, 0.2) is 0 Å². The first kappa shape index (κ1) is 15.6. The van der Waals surface area contributed by atoms with Gasteiger partial charge in [-0.25, -0.2) is 0 Å². The number of nitrogens with zero attached hydrogens (tertiary/aromatic N) is 1. The Bertz CT molecular complexity index is 541. The minimum Gasteiger partial charge on any atom is -0.353 e. The highest BCUT2D eigenvalue weighted by molar-refractivity contribution is 8.01. The molecule has 4 rings (SSSR count). The molecule has 2 heterocycles. The molecule has 2 saturated heterocycles. The molecule has 3 fully saturated rings. The van der Waals surface area contributed by atoms with Gasteiger partial charge in [-0.2, -0.15) is 0 Å². The highest BCUT2D eigenvalue weighted by atomic mass is 32.2. The number of carbonyl (C=O) groups is 1. The third kappa shape index (κ3) is 2.62. The van der Waals surface area contributed by atoms with Crippen LogP contribution in [0.25, 0.3) is 0 Å². The SMILES string of the molecule is O=C(NC1CCCCC1)C1CSC23CC=CC=C2N(O)CCC13. The Labute approximate surface area is 142 Å². The highest BCUT2D eigenvalue weighted by Crippen LogP contribution is 2.58. The van der Waals surface area contributed by atoms with Gasteiger partial charge in [0.05, 0.1) is 16.4 Å².